The fourth-order valence-electron chi connectivity index (χ4n) is 1.44. The van der Waals surface area contributed by atoms with Gasteiger partial charge in [-0.25, -0.2) is 4.68 Å². The van der Waals surface area contributed by atoms with Crippen LogP contribution in [0.3, 0.4) is 0 Å². The SMILES string of the molecule is O=C(Cn1ccnn1)N1CC(CO)C1. The van der Waals surface area contributed by atoms with Crippen LogP contribution >= 0.6 is 0 Å². The van der Waals surface area contributed by atoms with E-state index in [0.717, 1.165) is 0 Å². The summed E-state index contributed by atoms with van der Waals surface area (Å²) in [5.74, 6) is 0.287. The second-order valence-corrected chi connectivity index (χ2v) is 3.45. The summed E-state index contributed by atoms with van der Waals surface area (Å²) in [4.78, 5) is 13.2. The quantitative estimate of drug-likeness (QED) is 0.654. The lowest BCUT2D eigenvalue weighted by molar-refractivity contribution is -0.139. The first-order valence-corrected chi connectivity index (χ1v) is 4.52. The highest BCUT2D eigenvalue weighted by molar-refractivity contribution is 5.76. The molecule has 6 nitrogen and oxygen atoms in total. The molecule has 2 heterocycles. The van der Waals surface area contributed by atoms with E-state index in [1.54, 1.807) is 17.3 Å². The summed E-state index contributed by atoms with van der Waals surface area (Å²) in [6.07, 6.45) is 3.20. The highest BCUT2D eigenvalue weighted by Gasteiger charge is 2.29. The Morgan fingerprint density at radius 1 is 1.57 bits per heavy atom. The summed E-state index contributed by atoms with van der Waals surface area (Å²) in [6, 6.07) is 0. The van der Waals surface area contributed by atoms with Gasteiger partial charge in [0.05, 0.1) is 6.20 Å². The summed E-state index contributed by atoms with van der Waals surface area (Å²) in [7, 11) is 0. The molecule has 0 unspecified atom stereocenters. The molecule has 1 aliphatic heterocycles. The van der Waals surface area contributed by atoms with Crippen molar-refractivity contribution in [2.75, 3.05) is 19.7 Å². The van der Waals surface area contributed by atoms with Gasteiger partial charge >= 0.3 is 0 Å². The van der Waals surface area contributed by atoms with Crippen molar-refractivity contribution in [2.24, 2.45) is 5.92 Å². The predicted molar refractivity (Wildman–Crippen MR) is 47.2 cm³/mol. The number of aliphatic hydroxyl groups excluding tert-OH is 1. The van der Waals surface area contributed by atoms with Crippen molar-refractivity contribution in [2.45, 2.75) is 6.54 Å². The van der Waals surface area contributed by atoms with E-state index >= 15 is 0 Å². The minimum absolute atomic E-state index is 0.0280. The van der Waals surface area contributed by atoms with Crippen LogP contribution in [0.25, 0.3) is 0 Å². The molecule has 0 atom stereocenters. The Labute approximate surface area is 81.1 Å². The molecular formula is C8H12N4O2. The zero-order valence-electron chi connectivity index (χ0n) is 7.70. The zero-order chi connectivity index (χ0) is 9.97. The minimum atomic E-state index is 0.0280. The highest BCUT2D eigenvalue weighted by atomic mass is 16.3. The Hall–Kier alpha value is -1.43. The number of carbonyl (C=O) groups excluding carboxylic acids is 1. The van der Waals surface area contributed by atoms with Crippen LogP contribution in [-0.4, -0.2) is 50.6 Å². The van der Waals surface area contributed by atoms with Crippen LogP contribution in [0.5, 0.6) is 0 Å². The summed E-state index contributed by atoms with van der Waals surface area (Å²) >= 11 is 0. The number of amides is 1. The fourth-order valence-corrected chi connectivity index (χ4v) is 1.44. The Bertz CT molecular complexity index is 305. The molecule has 1 aromatic rings. The lowest BCUT2D eigenvalue weighted by Crippen LogP contribution is -2.52. The van der Waals surface area contributed by atoms with Crippen molar-refractivity contribution in [3.63, 3.8) is 0 Å². The van der Waals surface area contributed by atoms with E-state index in [0.29, 0.717) is 13.1 Å². The van der Waals surface area contributed by atoms with Gasteiger partial charge in [0.1, 0.15) is 6.54 Å². The van der Waals surface area contributed by atoms with Crippen LogP contribution in [-0.2, 0) is 11.3 Å². The van der Waals surface area contributed by atoms with Gasteiger partial charge < -0.3 is 10.0 Å². The Kier molecular flexibility index (Phi) is 2.45. The molecule has 0 saturated carbocycles. The molecule has 0 aliphatic carbocycles. The van der Waals surface area contributed by atoms with Crippen LogP contribution in [0.15, 0.2) is 12.4 Å². The van der Waals surface area contributed by atoms with Crippen molar-refractivity contribution < 1.29 is 9.90 Å². The molecule has 1 saturated heterocycles. The molecule has 14 heavy (non-hydrogen) atoms. The number of hydrogen-bond donors (Lipinski definition) is 1. The van der Waals surface area contributed by atoms with E-state index < -0.39 is 0 Å². The van der Waals surface area contributed by atoms with Gasteiger partial charge in [-0.3, -0.25) is 4.79 Å². The standard InChI is InChI=1S/C8H12N4O2/c13-6-7-3-11(4-7)8(14)5-12-2-1-9-10-12/h1-2,7,13H,3-6H2. The first kappa shape index (κ1) is 9.14. The predicted octanol–water partition coefficient (Wildman–Crippen LogP) is -1.27. The first-order valence-electron chi connectivity index (χ1n) is 4.52. The van der Waals surface area contributed by atoms with E-state index in [1.807, 2.05) is 0 Å². The number of likely N-dealkylation sites (tertiary alicyclic amines) is 1. The average Bonchev–Trinajstić information content (AvgIpc) is 2.54. The second-order valence-electron chi connectivity index (χ2n) is 3.45. The van der Waals surface area contributed by atoms with Crippen molar-refractivity contribution in [3.8, 4) is 0 Å². The largest absolute Gasteiger partial charge is 0.396 e. The van der Waals surface area contributed by atoms with Gasteiger partial charge in [-0.05, 0) is 0 Å². The Balaban J connectivity index is 1.80. The number of carbonyl (C=O) groups is 1. The van der Waals surface area contributed by atoms with E-state index in [-0.39, 0.29) is 25.0 Å². The molecule has 76 valence electrons. The van der Waals surface area contributed by atoms with Crippen LogP contribution < -0.4 is 0 Å². The molecule has 6 heteroatoms. The van der Waals surface area contributed by atoms with Crippen LogP contribution in [0.4, 0.5) is 0 Å². The summed E-state index contributed by atoms with van der Waals surface area (Å²) in [6.45, 7) is 1.71. The maximum atomic E-state index is 11.5. The van der Waals surface area contributed by atoms with E-state index in [9.17, 15) is 4.79 Å². The molecule has 0 radical (unpaired) electrons. The number of hydrogen-bond acceptors (Lipinski definition) is 4. The summed E-state index contributed by atoms with van der Waals surface area (Å²) < 4.78 is 1.49. The van der Waals surface area contributed by atoms with Crippen molar-refractivity contribution in [1.29, 1.82) is 0 Å². The molecule has 1 aliphatic rings. The molecule has 1 N–H and O–H groups in total. The first-order chi connectivity index (χ1) is 6.79. The third kappa shape index (κ3) is 1.74. The average molecular weight is 196 g/mol. The van der Waals surface area contributed by atoms with Crippen LogP contribution in [0.2, 0.25) is 0 Å². The zero-order valence-corrected chi connectivity index (χ0v) is 7.70. The molecule has 1 aromatic heterocycles. The number of aliphatic hydroxyl groups is 1. The Morgan fingerprint density at radius 3 is 2.93 bits per heavy atom. The maximum Gasteiger partial charge on any atom is 0.244 e. The van der Waals surface area contributed by atoms with Crippen LogP contribution in [0, 0.1) is 5.92 Å². The van der Waals surface area contributed by atoms with Gasteiger partial charge in [-0.2, -0.15) is 0 Å². The van der Waals surface area contributed by atoms with Crippen molar-refractivity contribution in [3.05, 3.63) is 12.4 Å². The highest BCUT2D eigenvalue weighted by Crippen LogP contribution is 2.14. The summed E-state index contributed by atoms with van der Waals surface area (Å²) in [5, 5.41) is 16.1. The third-order valence-corrected chi connectivity index (χ3v) is 2.34. The molecule has 1 fully saturated rings. The smallest absolute Gasteiger partial charge is 0.244 e. The van der Waals surface area contributed by atoms with Crippen molar-refractivity contribution >= 4 is 5.91 Å². The van der Waals surface area contributed by atoms with Crippen molar-refractivity contribution in [1.82, 2.24) is 19.9 Å². The molecule has 2 rings (SSSR count). The van der Waals surface area contributed by atoms with E-state index in [1.165, 1.54) is 4.68 Å². The lowest BCUT2D eigenvalue weighted by Gasteiger charge is -2.38. The number of nitrogens with zero attached hydrogens (tertiary/aromatic N) is 4. The maximum absolute atomic E-state index is 11.5. The summed E-state index contributed by atoms with van der Waals surface area (Å²) in [5.41, 5.74) is 0. The van der Waals surface area contributed by atoms with Gasteiger partial charge in [-0.1, -0.05) is 5.21 Å². The van der Waals surface area contributed by atoms with E-state index in [2.05, 4.69) is 10.3 Å². The van der Waals surface area contributed by atoms with Gasteiger partial charge in [0, 0.05) is 31.8 Å². The van der Waals surface area contributed by atoms with Gasteiger partial charge in [-0.15, -0.1) is 5.10 Å². The number of rotatable bonds is 3. The topological polar surface area (TPSA) is 71.2 Å². The Morgan fingerprint density at radius 2 is 2.36 bits per heavy atom. The molecule has 0 aromatic carbocycles. The fraction of sp³-hybridized carbons (Fsp3) is 0.625. The van der Waals surface area contributed by atoms with E-state index in [4.69, 9.17) is 5.11 Å². The third-order valence-electron chi connectivity index (χ3n) is 2.34. The van der Waals surface area contributed by atoms with Gasteiger partial charge in [0.25, 0.3) is 0 Å². The molecule has 1 amide bonds. The van der Waals surface area contributed by atoms with Gasteiger partial charge in [0.15, 0.2) is 0 Å². The minimum Gasteiger partial charge on any atom is -0.396 e. The molecule has 0 spiro atoms. The van der Waals surface area contributed by atoms with Gasteiger partial charge in [0.2, 0.25) is 5.91 Å². The second kappa shape index (κ2) is 3.75. The van der Waals surface area contributed by atoms with Crippen LogP contribution in [0.1, 0.15) is 0 Å². The number of aromatic nitrogens is 3. The molecular weight excluding hydrogens is 184 g/mol. The monoisotopic (exact) mass is 196 g/mol. The lowest BCUT2D eigenvalue weighted by atomic mass is 10.0. The molecule has 0 bridgehead atoms. The normalized spacial score (nSPS) is 16.8.